The molecule has 0 spiro atoms. The van der Waals surface area contributed by atoms with E-state index in [9.17, 15) is 5.11 Å². The van der Waals surface area contributed by atoms with Gasteiger partial charge < -0.3 is 20.3 Å². The Morgan fingerprint density at radius 3 is 2.57 bits per heavy atom. The van der Waals surface area contributed by atoms with Crippen LogP contribution in [0.4, 0.5) is 17.5 Å². The third-order valence-corrected chi connectivity index (χ3v) is 6.62. The molecule has 5 heterocycles. The lowest BCUT2D eigenvalue weighted by molar-refractivity contribution is 0.208. The van der Waals surface area contributed by atoms with E-state index in [1.165, 1.54) is 0 Å². The highest BCUT2D eigenvalue weighted by atomic mass is 16.3. The van der Waals surface area contributed by atoms with Crippen LogP contribution in [-0.4, -0.2) is 71.5 Å². The van der Waals surface area contributed by atoms with E-state index in [1.54, 1.807) is 24.8 Å². The number of piperazine rings is 1. The van der Waals surface area contributed by atoms with Crippen molar-refractivity contribution < 1.29 is 5.11 Å². The summed E-state index contributed by atoms with van der Waals surface area (Å²) in [6, 6.07) is 6.44. The molecule has 6 rings (SSSR count). The highest BCUT2D eigenvalue weighted by Gasteiger charge is 2.20. The minimum Gasteiger partial charge on any atom is -0.494 e. The van der Waals surface area contributed by atoms with Gasteiger partial charge in [0.25, 0.3) is 0 Å². The van der Waals surface area contributed by atoms with Gasteiger partial charge in [0, 0.05) is 67.1 Å². The van der Waals surface area contributed by atoms with E-state index in [1.807, 2.05) is 35.0 Å². The number of imidazole rings is 1. The third kappa shape index (κ3) is 3.91. The number of anilines is 3. The molecule has 1 saturated heterocycles. The number of aromatic amines is 1. The number of hydrogen-bond acceptors (Lipinski definition) is 8. The maximum atomic E-state index is 9.90. The number of nitrogens with zero attached hydrogens (tertiary/aromatic N) is 7. The molecule has 0 amide bonds. The molecule has 0 aliphatic carbocycles. The number of nitrogens with one attached hydrogen (secondary N) is 2. The summed E-state index contributed by atoms with van der Waals surface area (Å²) in [5, 5.41) is 14.9. The van der Waals surface area contributed by atoms with Crippen LogP contribution in [-0.2, 0) is 0 Å². The number of H-pyrrole nitrogens is 1. The fraction of sp³-hybridized carbons (Fsp3) is 0.280. The molecule has 0 radical (unpaired) electrons. The van der Waals surface area contributed by atoms with Crippen LogP contribution in [0, 0.1) is 0 Å². The van der Waals surface area contributed by atoms with Gasteiger partial charge in [0.15, 0.2) is 17.3 Å². The van der Waals surface area contributed by atoms with Gasteiger partial charge in [-0.2, -0.15) is 0 Å². The molecule has 0 unspecified atom stereocenters. The molecule has 1 aliphatic heterocycles. The topological polar surface area (TPSA) is 110 Å². The van der Waals surface area contributed by atoms with Gasteiger partial charge in [-0.05, 0) is 26.0 Å². The van der Waals surface area contributed by atoms with E-state index in [2.05, 4.69) is 53.9 Å². The number of aromatic nitrogens is 6. The lowest BCUT2D eigenvalue weighted by atomic mass is 10.1. The minimum absolute atomic E-state index is 0.169. The quantitative estimate of drug-likeness (QED) is 0.358. The molecule has 1 aromatic carbocycles. The highest BCUT2D eigenvalue weighted by molar-refractivity contribution is 5.91. The molecule has 1 fully saturated rings. The summed E-state index contributed by atoms with van der Waals surface area (Å²) in [5.74, 6) is 1.54. The van der Waals surface area contributed by atoms with Crippen molar-refractivity contribution in [2.45, 2.75) is 19.9 Å². The molecule has 35 heavy (non-hydrogen) atoms. The Labute approximate surface area is 202 Å². The van der Waals surface area contributed by atoms with Gasteiger partial charge in [-0.15, -0.1) is 0 Å². The number of benzene rings is 1. The van der Waals surface area contributed by atoms with Crippen molar-refractivity contribution in [3.8, 4) is 17.1 Å². The minimum atomic E-state index is 0.169. The van der Waals surface area contributed by atoms with Gasteiger partial charge in [0.05, 0.1) is 30.0 Å². The smallest absolute Gasteiger partial charge is 0.225 e. The second-order valence-electron chi connectivity index (χ2n) is 9.07. The van der Waals surface area contributed by atoms with Crippen molar-refractivity contribution in [3.63, 3.8) is 0 Å². The molecule has 0 saturated carbocycles. The van der Waals surface area contributed by atoms with Crippen molar-refractivity contribution in [1.82, 2.24) is 34.2 Å². The van der Waals surface area contributed by atoms with E-state index in [4.69, 9.17) is 0 Å². The average Bonchev–Trinajstić information content (AvgIpc) is 3.52. The maximum absolute atomic E-state index is 9.90. The Bertz CT molecular complexity index is 1480. The van der Waals surface area contributed by atoms with Crippen molar-refractivity contribution in [3.05, 3.63) is 55.4 Å². The van der Waals surface area contributed by atoms with E-state index < -0.39 is 0 Å². The summed E-state index contributed by atoms with van der Waals surface area (Å²) in [6.45, 7) is 8.36. The lowest BCUT2D eigenvalue weighted by Gasteiger charge is -2.36. The molecule has 1 aliphatic rings. The van der Waals surface area contributed by atoms with Crippen LogP contribution in [0.5, 0.6) is 5.88 Å². The van der Waals surface area contributed by atoms with Gasteiger partial charge in [0.2, 0.25) is 5.95 Å². The Morgan fingerprint density at radius 2 is 1.80 bits per heavy atom. The molecule has 5 aromatic rings. The molecule has 10 heteroatoms. The van der Waals surface area contributed by atoms with Crippen LogP contribution >= 0.6 is 0 Å². The van der Waals surface area contributed by atoms with Gasteiger partial charge in [-0.3, -0.25) is 9.30 Å². The zero-order valence-electron chi connectivity index (χ0n) is 19.7. The van der Waals surface area contributed by atoms with Crippen LogP contribution in [0.25, 0.3) is 27.7 Å². The first-order chi connectivity index (χ1) is 17.1. The lowest BCUT2D eigenvalue weighted by Crippen LogP contribution is -2.49. The monoisotopic (exact) mass is 469 g/mol. The van der Waals surface area contributed by atoms with Crippen molar-refractivity contribution in [2.75, 3.05) is 36.4 Å². The van der Waals surface area contributed by atoms with Gasteiger partial charge in [0.1, 0.15) is 0 Å². The van der Waals surface area contributed by atoms with Crippen molar-refractivity contribution in [1.29, 1.82) is 0 Å². The van der Waals surface area contributed by atoms with E-state index in [-0.39, 0.29) is 5.88 Å². The molecule has 3 N–H and O–H groups in total. The average molecular weight is 470 g/mol. The first-order valence-corrected chi connectivity index (χ1v) is 11.8. The van der Waals surface area contributed by atoms with Gasteiger partial charge in [-0.25, -0.2) is 19.9 Å². The Hall–Kier alpha value is -4.18. The van der Waals surface area contributed by atoms with Gasteiger partial charge in [-0.1, -0.05) is 6.07 Å². The normalized spacial score (nSPS) is 14.9. The zero-order chi connectivity index (χ0) is 23.9. The Kier molecular flexibility index (Phi) is 5.22. The van der Waals surface area contributed by atoms with E-state index >= 15 is 0 Å². The summed E-state index contributed by atoms with van der Waals surface area (Å²) in [7, 11) is 0. The molecule has 178 valence electrons. The molecule has 4 aromatic heterocycles. The highest BCUT2D eigenvalue weighted by Crippen LogP contribution is 2.30. The first-order valence-electron chi connectivity index (χ1n) is 11.8. The summed E-state index contributed by atoms with van der Waals surface area (Å²) in [5.41, 5.74) is 3.33. The fourth-order valence-electron chi connectivity index (χ4n) is 4.63. The molecular formula is C25H27N9O. The largest absolute Gasteiger partial charge is 0.494 e. The number of aromatic hydroxyl groups is 1. The van der Waals surface area contributed by atoms with Crippen molar-refractivity contribution >= 4 is 33.9 Å². The molecule has 0 bridgehead atoms. The Morgan fingerprint density at radius 1 is 1.00 bits per heavy atom. The standard InChI is InChI=1S/C25H27N9O/c1-16(2)32-7-9-33(10-8-32)25-29-13-19(14-30-25)31-22-23-26-5-6-34(23)21(15-27-22)17-3-4-20-18(11-17)12-28-24(20)35/h3-6,11-16,28,35H,7-10H2,1-2H3,(H,27,31). The van der Waals surface area contributed by atoms with Crippen LogP contribution in [0.2, 0.25) is 0 Å². The number of rotatable bonds is 5. The maximum Gasteiger partial charge on any atom is 0.225 e. The zero-order valence-corrected chi connectivity index (χ0v) is 19.7. The van der Waals surface area contributed by atoms with Gasteiger partial charge >= 0.3 is 0 Å². The van der Waals surface area contributed by atoms with Crippen molar-refractivity contribution in [2.24, 2.45) is 0 Å². The predicted molar refractivity (Wildman–Crippen MR) is 136 cm³/mol. The second kappa shape index (κ2) is 8.55. The van der Waals surface area contributed by atoms with Crippen LogP contribution in [0.1, 0.15) is 13.8 Å². The van der Waals surface area contributed by atoms with Crippen LogP contribution < -0.4 is 10.2 Å². The van der Waals surface area contributed by atoms with Crippen LogP contribution in [0.3, 0.4) is 0 Å². The summed E-state index contributed by atoms with van der Waals surface area (Å²) in [4.78, 5) is 25.9. The molecule has 0 atom stereocenters. The SMILES string of the molecule is CC(C)N1CCN(c2ncc(Nc3ncc(-c4ccc5c(O)[nH]cc5c4)n4ccnc34)cn2)CC1. The van der Waals surface area contributed by atoms with E-state index in [0.29, 0.717) is 17.5 Å². The Balaban J connectivity index is 1.23. The summed E-state index contributed by atoms with van der Waals surface area (Å²) in [6.07, 6.45) is 10.8. The number of fused-ring (bicyclic) bond motifs is 2. The fourth-order valence-corrected chi connectivity index (χ4v) is 4.63. The molecular weight excluding hydrogens is 442 g/mol. The second-order valence-corrected chi connectivity index (χ2v) is 9.07. The van der Waals surface area contributed by atoms with Crippen LogP contribution in [0.15, 0.2) is 55.4 Å². The van der Waals surface area contributed by atoms with E-state index in [0.717, 1.165) is 59.8 Å². The first kappa shape index (κ1) is 21.4. The molecule has 10 nitrogen and oxygen atoms in total. The predicted octanol–water partition coefficient (Wildman–Crippen LogP) is 3.65. The number of hydrogen-bond donors (Lipinski definition) is 3. The third-order valence-electron chi connectivity index (χ3n) is 6.62. The summed E-state index contributed by atoms with van der Waals surface area (Å²) < 4.78 is 1.99. The summed E-state index contributed by atoms with van der Waals surface area (Å²) >= 11 is 0.